The van der Waals surface area contributed by atoms with E-state index in [2.05, 4.69) is 25.6 Å². The summed E-state index contributed by atoms with van der Waals surface area (Å²) in [5.41, 5.74) is 9.22. The number of pyridine rings is 1. The van der Waals surface area contributed by atoms with E-state index in [-0.39, 0.29) is 11.6 Å². The Morgan fingerprint density at radius 3 is 2.70 bits per heavy atom. The first-order valence-corrected chi connectivity index (χ1v) is 9.13. The molecule has 0 saturated carbocycles. The second-order valence-corrected chi connectivity index (χ2v) is 6.80. The molecule has 3 aromatic heterocycles. The number of aromatic nitrogens is 4. The van der Waals surface area contributed by atoms with Gasteiger partial charge in [-0.3, -0.25) is 9.78 Å². The molecule has 0 bridgehead atoms. The number of nitrogen functional groups attached to an aromatic ring is 1. The van der Waals surface area contributed by atoms with Crippen molar-refractivity contribution in [2.45, 2.75) is 6.92 Å². The zero-order valence-corrected chi connectivity index (χ0v) is 16.4. The van der Waals surface area contributed by atoms with Crippen molar-refractivity contribution < 1.29 is 9.59 Å². The summed E-state index contributed by atoms with van der Waals surface area (Å²) >= 11 is 0. The number of carbonyl (C=O) groups is 2. The number of anilines is 3. The van der Waals surface area contributed by atoms with E-state index in [1.54, 1.807) is 29.9 Å². The molecule has 0 fully saturated rings. The van der Waals surface area contributed by atoms with Crippen LogP contribution in [0.15, 0.2) is 55.2 Å². The maximum absolute atomic E-state index is 13.1. The van der Waals surface area contributed by atoms with Gasteiger partial charge in [0.15, 0.2) is 5.78 Å². The van der Waals surface area contributed by atoms with E-state index >= 15 is 0 Å². The van der Waals surface area contributed by atoms with Crippen LogP contribution in [-0.4, -0.2) is 31.3 Å². The first kappa shape index (κ1) is 19.1. The number of nitrogens with two attached hydrogens (primary N) is 1. The van der Waals surface area contributed by atoms with Gasteiger partial charge in [-0.05, 0) is 24.6 Å². The maximum Gasteiger partial charge on any atom is 0.323 e. The molecule has 0 aliphatic carbocycles. The van der Waals surface area contributed by atoms with Crippen molar-refractivity contribution in [1.29, 1.82) is 0 Å². The molecule has 4 N–H and O–H groups in total. The van der Waals surface area contributed by atoms with Gasteiger partial charge in [-0.15, -0.1) is 0 Å². The van der Waals surface area contributed by atoms with Crippen LogP contribution in [0.1, 0.15) is 21.5 Å². The lowest BCUT2D eigenvalue weighted by Crippen LogP contribution is -2.20. The largest absolute Gasteiger partial charge is 0.383 e. The van der Waals surface area contributed by atoms with Crippen LogP contribution in [0.25, 0.3) is 11.0 Å². The third-order valence-corrected chi connectivity index (χ3v) is 4.68. The van der Waals surface area contributed by atoms with Crippen LogP contribution < -0.4 is 16.4 Å². The highest BCUT2D eigenvalue weighted by atomic mass is 16.2. The molecule has 4 rings (SSSR count). The van der Waals surface area contributed by atoms with E-state index in [1.807, 2.05) is 25.1 Å². The minimum atomic E-state index is -0.432. The molecule has 0 aliphatic heterocycles. The normalized spacial score (nSPS) is 10.7. The number of rotatable bonds is 4. The lowest BCUT2D eigenvalue weighted by Gasteiger charge is -2.10. The van der Waals surface area contributed by atoms with Gasteiger partial charge in [0.2, 0.25) is 0 Å². The number of hydrogen-bond donors (Lipinski definition) is 3. The van der Waals surface area contributed by atoms with Gasteiger partial charge < -0.3 is 20.9 Å². The Hall–Kier alpha value is -4.27. The Morgan fingerprint density at radius 1 is 1.10 bits per heavy atom. The fourth-order valence-corrected chi connectivity index (χ4v) is 3.19. The first-order chi connectivity index (χ1) is 14.4. The summed E-state index contributed by atoms with van der Waals surface area (Å²) in [6.07, 6.45) is 5.91. The summed E-state index contributed by atoms with van der Waals surface area (Å²) in [7, 11) is 1.78. The van der Waals surface area contributed by atoms with Crippen molar-refractivity contribution in [2.24, 2.45) is 7.05 Å². The van der Waals surface area contributed by atoms with Gasteiger partial charge in [0, 0.05) is 30.7 Å². The van der Waals surface area contributed by atoms with Gasteiger partial charge in [0.25, 0.3) is 0 Å². The second kappa shape index (κ2) is 7.63. The lowest BCUT2D eigenvalue weighted by atomic mass is 10.1. The summed E-state index contributed by atoms with van der Waals surface area (Å²) in [5.74, 6) is -0.0682. The molecular weight excluding hydrogens is 382 g/mol. The van der Waals surface area contributed by atoms with Crippen LogP contribution in [0.3, 0.4) is 0 Å². The molecule has 4 aromatic rings. The number of hydrogen-bond acceptors (Lipinski definition) is 6. The SMILES string of the molecule is Cc1ccccc1NC(=O)Nc1cncc(C(=O)c2cn(C)c3ncnc(N)c23)c1. The van der Waals surface area contributed by atoms with E-state index in [0.717, 1.165) is 5.56 Å². The summed E-state index contributed by atoms with van der Waals surface area (Å²) < 4.78 is 1.71. The van der Waals surface area contributed by atoms with Crippen LogP contribution in [0.2, 0.25) is 0 Å². The topological polar surface area (TPSA) is 128 Å². The fraction of sp³-hybridized carbons (Fsp3) is 0.0952. The average molecular weight is 401 g/mol. The minimum Gasteiger partial charge on any atom is -0.383 e. The molecule has 2 amide bonds. The summed E-state index contributed by atoms with van der Waals surface area (Å²) in [6.45, 7) is 1.90. The van der Waals surface area contributed by atoms with Crippen molar-refractivity contribution in [3.05, 3.63) is 71.9 Å². The fourth-order valence-electron chi connectivity index (χ4n) is 3.19. The summed E-state index contributed by atoms with van der Waals surface area (Å²) in [5, 5.41) is 5.96. The number of carbonyl (C=O) groups excluding carboxylic acids is 2. The van der Waals surface area contributed by atoms with Gasteiger partial charge in [0.05, 0.1) is 22.8 Å². The highest BCUT2D eigenvalue weighted by Crippen LogP contribution is 2.26. The second-order valence-electron chi connectivity index (χ2n) is 6.80. The highest BCUT2D eigenvalue weighted by Gasteiger charge is 2.20. The Labute approximate surface area is 172 Å². The number of nitrogens with one attached hydrogen (secondary N) is 2. The molecule has 0 atom stereocenters. The third kappa shape index (κ3) is 3.55. The third-order valence-electron chi connectivity index (χ3n) is 4.68. The monoisotopic (exact) mass is 401 g/mol. The Kier molecular flexibility index (Phi) is 4.85. The zero-order valence-electron chi connectivity index (χ0n) is 16.4. The van der Waals surface area contributed by atoms with E-state index < -0.39 is 6.03 Å². The van der Waals surface area contributed by atoms with E-state index in [1.165, 1.54) is 18.7 Å². The van der Waals surface area contributed by atoms with Gasteiger partial charge in [-0.1, -0.05) is 18.2 Å². The Balaban J connectivity index is 1.59. The van der Waals surface area contributed by atoms with Crippen LogP contribution in [0, 0.1) is 6.92 Å². The molecule has 30 heavy (non-hydrogen) atoms. The molecule has 0 unspecified atom stereocenters. The summed E-state index contributed by atoms with van der Waals surface area (Å²) in [4.78, 5) is 37.7. The number of para-hydroxylation sites is 1. The molecule has 3 heterocycles. The number of aryl methyl sites for hydroxylation is 2. The Bertz CT molecular complexity index is 1280. The number of nitrogens with zero attached hydrogens (tertiary/aromatic N) is 4. The molecule has 0 aliphatic rings. The van der Waals surface area contributed by atoms with Gasteiger partial charge in [-0.2, -0.15) is 0 Å². The Morgan fingerprint density at radius 2 is 1.90 bits per heavy atom. The van der Waals surface area contributed by atoms with Crippen LogP contribution in [0.5, 0.6) is 0 Å². The van der Waals surface area contributed by atoms with E-state index in [4.69, 9.17) is 5.73 Å². The molecule has 9 nitrogen and oxygen atoms in total. The number of amides is 2. The lowest BCUT2D eigenvalue weighted by molar-refractivity contribution is 0.103. The average Bonchev–Trinajstić information content (AvgIpc) is 3.07. The van der Waals surface area contributed by atoms with Crippen LogP contribution >= 0.6 is 0 Å². The number of benzene rings is 1. The van der Waals surface area contributed by atoms with Crippen molar-refractivity contribution in [3.63, 3.8) is 0 Å². The predicted octanol–water partition coefficient (Wildman–Crippen LogP) is 3.13. The number of urea groups is 1. The highest BCUT2D eigenvalue weighted by molar-refractivity contribution is 6.18. The number of fused-ring (bicyclic) bond motifs is 1. The molecule has 9 heteroatoms. The summed E-state index contributed by atoms with van der Waals surface area (Å²) in [6, 6.07) is 8.56. The standard InChI is InChI=1S/C21H19N7O2/c1-12-5-3-4-6-16(12)27-21(30)26-14-7-13(8-23-9-14)18(29)15-10-28(2)20-17(15)19(22)24-11-25-20/h3-11H,1-2H3,(H2,22,24,25)(H2,26,27,30). The van der Waals surface area contributed by atoms with Crippen molar-refractivity contribution in [1.82, 2.24) is 19.5 Å². The molecular formula is C21H19N7O2. The predicted molar refractivity (Wildman–Crippen MR) is 114 cm³/mol. The smallest absolute Gasteiger partial charge is 0.323 e. The van der Waals surface area contributed by atoms with Gasteiger partial charge in [-0.25, -0.2) is 14.8 Å². The molecule has 1 aromatic carbocycles. The van der Waals surface area contributed by atoms with Gasteiger partial charge in [0.1, 0.15) is 17.8 Å². The van der Waals surface area contributed by atoms with Crippen molar-refractivity contribution >= 4 is 40.0 Å². The van der Waals surface area contributed by atoms with E-state index in [9.17, 15) is 9.59 Å². The van der Waals surface area contributed by atoms with Crippen molar-refractivity contribution in [3.8, 4) is 0 Å². The quantitative estimate of drug-likeness (QED) is 0.451. The number of ketones is 1. The first-order valence-electron chi connectivity index (χ1n) is 9.13. The van der Waals surface area contributed by atoms with E-state index in [0.29, 0.717) is 33.5 Å². The zero-order chi connectivity index (χ0) is 21.3. The minimum absolute atomic E-state index is 0.226. The van der Waals surface area contributed by atoms with Gasteiger partial charge >= 0.3 is 6.03 Å². The molecule has 150 valence electrons. The molecule has 0 radical (unpaired) electrons. The maximum atomic E-state index is 13.1. The molecule has 0 spiro atoms. The molecule has 0 saturated heterocycles. The van der Waals surface area contributed by atoms with Crippen LogP contribution in [-0.2, 0) is 7.05 Å². The van der Waals surface area contributed by atoms with Crippen molar-refractivity contribution in [2.75, 3.05) is 16.4 Å². The van der Waals surface area contributed by atoms with Crippen LogP contribution in [0.4, 0.5) is 22.0 Å².